The SMILES string of the molecule is COc1ccc([C@H]2C(=C(O)c3ccc4c(c3)OCCO4)C(=O)C(=O)N2Cc2ccccc2)cc1OC. The third kappa shape index (κ3) is 4.11. The first-order chi connectivity index (χ1) is 17.5. The van der Waals surface area contributed by atoms with E-state index in [2.05, 4.69) is 0 Å². The largest absolute Gasteiger partial charge is 0.507 e. The Bertz CT molecular complexity index is 1350. The summed E-state index contributed by atoms with van der Waals surface area (Å²) in [6.45, 7) is 0.995. The second kappa shape index (κ2) is 9.65. The van der Waals surface area contributed by atoms with Crippen LogP contribution in [0.1, 0.15) is 22.7 Å². The fraction of sp³-hybridized carbons (Fsp3) is 0.214. The number of rotatable bonds is 6. The number of amides is 1. The standard InChI is InChI=1S/C28H25NO7/c1-33-20-10-8-18(14-22(20)34-2)25-24(26(30)19-9-11-21-23(15-19)36-13-12-35-21)27(31)28(32)29(25)16-17-6-4-3-5-7-17/h3-11,14-15,25,30H,12-13,16H2,1-2H3/t25-/m0/s1. The molecule has 0 unspecified atom stereocenters. The molecule has 184 valence electrons. The van der Waals surface area contributed by atoms with Crippen LogP contribution in [0.4, 0.5) is 0 Å². The number of methoxy groups -OCH3 is 2. The van der Waals surface area contributed by atoms with E-state index < -0.39 is 17.7 Å². The first kappa shape index (κ1) is 23.3. The molecule has 1 atom stereocenters. The van der Waals surface area contributed by atoms with Crippen LogP contribution in [0.25, 0.3) is 5.76 Å². The minimum atomic E-state index is -0.849. The summed E-state index contributed by atoms with van der Waals surface area (Å²) in [5, 5.41) is 11.4. The molecular formula is C28H25NO7. The van der Waals surface area contributed by atoms with Gasteiger partial charge >= 0.3 is 0 Å². The Labute approximate surface area is 208 Å². The number of fused-ring (bicyclic) bond motifs is 1. The van der Waals surface area contributed by atoms with Crippen LogP contribution in [-0.2, 0) is 16.1 Å². The lowest BCUT2D eigenvalue weighted by Gasteiger charge is -2.26. The van der Waals surface area contributed by atoms with E-state index in [9.17, 15) is 14.7 Å². The van der Waals surface area contributed by atoms with Gasteiger partial charge in [0, 0.05) is 12.1 Å². The van der Waals surface area contributed by atoms with Crippen molar-refractivity contribution in [2.75, 3.05) is 27.4 Å². The highest BCUT2D eigenvalue weighted by molar-refractivity contribution is 6.46. The third-order valence-electron chi connectivity index (χ3n) is 6.27. The summed E-state index contributed by atoms with van der Waals surface area (Å²) in [6.07, 6.45) is 0. The van der Waals surface area contributed by atoms with E-state index in [0.717, 1.165) is 5.56 Å². The number of carbonyl (C=O) groups excluding carboxylic acids is 2. The van der Waals surface area contributed by atoms with Crippen molar-refractivity contribution >= 4 is 17.4 Å². The number of benzene rings is 3. The molecule has 2 aliphatic rings. The van der Waals surface area contributed by atoms with Gasteiger partial charge < -0.3 is 29.0 Å². The van der Waals surface area contributed by atoms with Crippen molar-refractivity contribution in [3.63, 3.8) is 0 Å². The molecule has 36 heavy (non-hydrogen) atoms. The molecule has 0 radical (unpaired) electrons. The summed E-state index contributed by atoms with van der Waals surface area (Å²) >= 11 is 0. The Kier molecular flexibility index (Phi) is 6.25. The average molecular weight is 488 g/mol. The van der Waals surface area contributed by atoms with Crippen LogP contribution in [0, 0.1) is 0 Å². The minimum Gasteiger partial charge on any atom is -0.507 e. The van der Waals surface area contributed by atoms with Crippen LogP contribution < -0.4 is 18.9 Å². The predicted octanol–water partition coefficient (Wildman–Crippen LogP) is 4.10. The molecule has 0 aromatic heterocycles. The molecule has 0 bridgehead atoms. The number of carbonyl (C=O) groups is 2. The Morgan fingerprint density at radius 1 is 0.917 bits per heavy atom. The van der Waals surface area contributed by atoms with Gasteiger partial charge in [-0.1, -0.05) is 36.4 Å². The van der Waals surface area contributed by atoms with E-state index in [-0.39, 0.29) is 17.9 Å². The number of hydrogen-bond donors (Lipinski definition) is 1. The summed E-state index contributed by atoms with van der Waals surface area (Å²) in [6, 6.07) is 18.6. The zero-order chi connectivity index (χ0) is 25.2. The number of aliphatic hydroxyl groups is 1. The molecule has 1 N–H and O–H groups in total. The van der Waals surface area contributed by atoms with Crippen molar-refractivity contribution in [3.8, 4) is 23.0 Å². The second-order valence-electron chi connectivity index (χ2n) is 8.39. The Hall–Kier alpha value is -4.46. The van der Waals surface area contributed by atoms with Gasteiger partial charge in [-0.15, -0.1) is 0 Å². The van der Waals surface area contributed by atoms with Crippen LogP contribution >= 0.6 is 0 Å². The zero-order valence-electron chi connectivity index (χ0n) is 19.9. The van der Waals surface area contributed by atoms with Crippen molar-refractivity contribution in [2.45, 2.75) is 12.6 Å². The summed E-state index contributed by atoms with van der Waals surface area (Å²) in [5.41, 5.74) is 1.79. The van der Waals surface area contributed by atoms with Gasteiger partial charge in [-0.3, -0.25) is 9.59 Å². The molecule has 0 aliphatic carbocycles. The summed E-state index contributed by atoms with van der Waals surface area (Å²) in [5.74, 6) is 0.217. The highest BCUT2D eigenvalue weighted by atomic mass is 16.6. The molecule has 2 heterocycles. The number of hydrogen-bond acceptors (Lipinski definition) is 7. The quantitative estimate of drug-likeness (QED) is 0.318. The highest BCUT2D eigenvalue weighted by Crippen LogP contribution is 2.43. The maximum Gasteiger partial charge on any atom is 0.295 e. The average Bonchev–Trinajstić information content (AvgIpc) is 3.17. The first-order valence-electron chi connectivity index (χ1n) is 11.5. The predicted molar refractivity (Wildman–Crippen MR) is 131 cm³/mol. The van der Waals surface area contributed by atoms with E-state index in [4.69, 9.17) is 18.9 Å². The first-order valence-corrected chi connectivity index (χ1v) is 11.5. The second-order valence-corrected chi connectivity index (χ2v) is 8.39. The van der Waals surface area contributed by atoms with Gasteiger partial charge in [0.25, 0.3) is 11.7 Å². The molecular weight excluding hydrogens is 462 g/mol. The zero-order valence-corrected chi connectivity index (χ0v) is 19.9. The summed E-state index contributed by atoms with van der Waals surface area (Å²) in [7, 11) is 3.04. The van der Waals surface area contributed by atoms with Gasteiger partial charge in [-0.05, 0) is 41.5 Å². The number of ether oxygens (including phenoxy) is 4. The third-order valence-corrected chi connectivity index (χ3v) is 6.27. The molecule has 8 nitrogen and oxygen atoms in total. The Balaban J connectivity index is 1.65. The van der Waals surface area contributed by atoms with Crippen molar-refractivity contribution in [3.05, 3.63) is 89.0 Å². The molecule has 1 fully saturated rings. The van der Waals surface area contributed by atoms with E-state index >= 15 is 0 Å². The Morgan fingerprint density at radius 3 is 2.36 bits per heavy atom. The topological polar surface area (TPSA) is 94.5 Å². The number of nitrogens with zero attached hydrogens (tertiary/aromatic N) is 1. The van der Waals surface area contributed by atoms with Gasteiger partial charge in [-0.2, -0.15) is 0 Å². The van der Waals surface area contributed by atoms with Gasteiger partial charge in [0.2, 0.25) is 0 Å². The van der Waals surface area contributed by atoms with Gasteiger partial charge in [-0.25, -0.2) is 0 Å². The maximum absolute atomic E-state index is 13.3. The van der Waals surface area contributed by atoms with Crippen molar-refractivity contribution in [1.29, 1.82) is 0 Å². The molecule has 5 rings (SSSR count). The monoisotopic (exact) mass is 487 g/mol. The van der Waals surface area contributed by atoms with Crippen LogP contribution in [0.5, 0.6) is 23.0 Å². The maximum atomic E-state index is 13.3. The lowest BCUT2D eigenvalue weighted by molar-refractivity contribution is -0.140. The van der Waals surface area contributed by atoms with Crippen molar-refractivity contribution in [1.82, 2.24) is 4.90 Å². The smallest absolute Gasteiger partial charge is 0.295 e. The van der Waals surface area contributed by atoms with Crippen LogP contribution in [0.2, 0.25) is 0 Å². The molecule has 1 amide bonds. The summed E-state index contributed by atoms with van der Waals surface area (Å²) < 4.78 is 22.0. The fourth-order valence-corrected chi connectivity index (χ4v) is 4.54. The van der Waals surface area contributed by atoms with E-state index in [1.807, 2.05) is 30.3 Å². The number of Topliss-reactive ketones (excluding diaryl/α,β-unsaturated/α-hetero) is 1. The van der Waals surface area contributed by atoms with E-state index in [0.29, 0.717) is 47.3 Å². The molecule has 0 spiro atoms. The van der Waals surface area contributed by atoms with Gasteiger partial charge in [0.15, 0.2) is 23.0 Å². The Morgan fingerprint density at radius 2 is 1.64 bits per heavy atom. The van der Waals surface area contributed by atoms with Gasteiger partial charge in [0.05, 0.1) is 25.8 Å². The lowest BCUT2D eigenvalue weighted by atomic mass is 9.94. The van der Waals surface area contributed by atoms with E-state index in [1.54, 1.807) is 36.4 Å². The number of ketones is 1. The molecule has 3 aromatic carbocycles. The number of likely N-dealkylation sites (tertiary alicyclic amines) is 1. The van der Waals surface area contributed by atoms with Crippen LogP contribution in [0.15, 0.2) is 72.3 Å². The molecule has 2 aliphatic heterocycles. The lowest BCUT2D eigenvalue weighted by Crippen LogP contribution is -2.29. The van der Waals surface area contributed by atoms with E-state index in [1.165, 1.54) is 19.1 Å². The summed E-state index contributed by atoms with van der Waals surface area (Å²) in [4.78, 5) is 28.1. The van der Waals surface area contributed by atoms with Crippen LogP contribution in [-0.4, -0.2) is 49.1 Å². The minimum absolute atomic E-state index is 0.0140. The molecule has 0 saturated carbocycles. The fourth-order valence-electron chi connectivity index (χ4n) is 4.54. The number of aliphatic hydroxyl groups excluding tert-OH is 1. The highest BCUT2D eigenvalue weighted by Gasteiger charge is 2.46. The normalized spacial score (nSPS) is 18.3. The van der Waals surface area contributed by atoms with Crippen molar-refractivity contribution in [2.24, 2.45) is 0 Å². The molecule has 1 saturated heterocycles. The van der Waals surface area contributed by atoms with Gasteiger partial charge in [0.1, 0.15) is 19.0 Å². The van der Waals surface area contributed by atoms with Crippen LogP contribution in [0.3, 0.4) is 0 Å². The molecule has 8 heteroatoms. The molecule has 3 aromatic rings. The van der Waals surface area contributed by atoms with Crippen molar-refractivity contribution < 1.29 is 33.6 Å².